The third kappa shape index (κ3) is 2.05. The van der Waals surface area contributed by atoms with Gasteiger partial charge in [0.25, 0.3) is 5.91 Å². The van der Waals surface area contributed by atoms with E-state index < -0.39 is 0 Å². The highest BCUT2D eigenvalue weighted by Crippen LogP contribution is 2.27. The zero-order valence-electron chi connectivity index (χ0n) is 10.3. The summed E-state index contributed by atoms with van der Waals surface area (Å²) in [4.78, 5) is 13.5. The average Bonchev–Trinajstić information content (AvgIpc) is 2.60. The van der Waals surface area contributed by atoms with E-state index in [1.807, 2.05) is 36.4 Å². The van der Waals surface area contributed by atoms with Gasteiger partial charge in [0.2, 0.25) is 0 Å². The molecule has 0 spiro atoms. The number of carbonyl (C=O) groups excluding carboxylic acids is 1. The Hall–Kier alpha value is -2.34. The van der Waals surface area contributed by atoms with Crippen molar-refractivity contribution < 1.29 is 4.79 Å². The normalized spacial score (nSPS) is 15.2. The van der Waals surface area contributed by atoms with Crippen LogP contribution in [0.25, 0.3) is 0 Å². The fourth-order valence-corrected chi connectivity index (χ4v) is 2.02. The molecular weight excluding hydrogens is 224 g/mol. The highest BCUT2D eigenvalue weighted by atomic mass is 16.2. The first-order chi connectivity index (χ1) is 8.65. The van der Waals surface area contributed by atoms with Crippen LogP contribution in [0, 0.1) is 11.3 Å². The SMILES string of the molecule is C=C1C(C)=C(C#N)C(=O)N1CCc1ccccc1. The zero-order chi connectivity index (χ0) is 13.1. The first-order valence-corrected chi connectivity index (χ1v) is 5.81. The molecule has 3 heteroatoms. The quantitative estimate of drug-likeness (QED) is 0.811. The molecule has 3 nitrogen and oxygen atoms in total. The van der Waals surface area contributed by atoms with Gasteiger partial charge in [0.1, 0.15) is 11.6 Å². The second-order valence-corrected chi connectivity index (χ2v) is 4.25. The van der Waals surface area contributed by atoms with Gasteiger partial charge in [0.05, 0.1) is 0 Å². The topological polar surface area (TPSA) is 44.1 Å². The Kier molecular flexibility index (Phi) is 3.29. The predicted octanol–water partition coefficient (Wildman–Crippen LogP) is 2.43. The van der Waals surface area contributed by atoms with E-state index in [-0.39, 0.29) is 11.5 Å². The lowest BCUT2D eigenvalue weighted by molar-refractivity contribution is -0.123. The van der Waals surface area contributed by atoms with Crippen LogP contribution in [0.15, 0.2) is 53.8 Å². The molecule has 0 saturated carbocycles. The van der Waals surface area contributed by atoms with Crippen LogP contribution in [-0.4, -0.2) is 17.4 Å². The van der Waals surface area contributed by atoms with Crippen molar-refractivity contribution in [3.05, 3.63) is 59.3 Å². The summed E-state index contributed by atoms with van der Waals surface area (Å²) in [5.41, 5.74) is 2.72. The van der Waals surface area contributed by atoms with Gasteiger partial charge in [-0.1, -0.05) is 36.9 Å². The fourth-order valence-electron chi connectivity index (χ4n) is 2.02. The van der Waals surface area contributed by atoms with Crippen LogP contribution >= 0.6 is 0 Å². The molecule has 1 aliphatic heterocycles. The van der Waals surface area contributed by atoms with Crippen molar-refractivity contribution in [2.75, 3.05) is 6.54 Å². The monoisotopic (exact) mass is 238 g/mol. The van der Waals surface area contributed by atoms with Gasteiger partial charge in [-0.05, 0) is 24.5 Å². The molecule has 90 valence electrons. The minimum absolute atomic E-state index is 0.216. The van der Waals surface area contributed by atoms with E-state index >= 15 is 0 Å². The van der Waals surface area contributed by atoms with Crippen LogP contribution < -0.4 is 0 Å². The van der Waals surface area contributed by atoms with Crippen LogP contribution in [0.5, 0.6) is 0 Å². The van der Waals surface area contributed by atoms with Crippen LogP contribution in [0.4, 0.5) is 0 Å². The lowest BCUT2D eigenvalue weighted by Gasteiger charge is -2.18. The molecular formula is C15H14N2O. The maximum Gasteiger partial charge on any atom is 0.269 e. The first kappa shape index (κ1) is 12.1. The van der Waals surface area contributed by atoms with E-state index in [9.17, 15) is 4.79 Å². The van der Waals surface area contributed by atoms with Gasteiger partial charge in [-0.15, -0.1) is 0 Å². The predicted molar refractivity (Wildman–Crippen MR) is 69.3 cm³/mol. The lowest BCUT2D eigenvalue weighted by atomic mass is 10.1. The number of nitriles is 1. The van der Waals surface area contributed by atoms with Crippen LogP contribution in [0.1, 0.15) is 12.5 Å². The molecule has 0 atom stereocenters. The van der Waals surface area contributed by atoms with Crippen molar-refractivity contribution in [2.45, 2.75) is 13.3 Å². The molecule has 0 bridgehead atoms. The minimum atomic E-state index is -0.226. The Balaban J connectivity index is 2.08. The van der Waals surface area contributed by atoms with Gasteiger partial charge in [0.15, 0.2) is 0 Å². The third-order valence-electron chi connectivity index (χ3n) is 3.17. The summed E-state index contributed by atoms with van der Waals surface area (Å²) < 4.78 is 0. The highest BCUT2D eigenvalue weighted by Gasteiger charge is 2.31. The minimum Gasteiger partial charge on any atom is -0.308 e. The highest BCUT2D eigenvalue weighted by molar-refractivity contribution is 6.03. The standard InChI is InChI=1S/C15H14N2O/c1-11-12(2)17(15(18)14(11)10-16)9-8-13-6-4-3-5-7-13/h3-7H,2,8-9H2,1H3. The third-order valence-corrected chi connectivity index (χ3v) is 3.17. The zero-order valence-corrected chi connectivity index (χ0v) is 10.3. The summed E-state index contributed by atoms with van der Waals surface area (Å²) in [5.74, 6) is -0.226. The van der Waals surface area contributed by atoms with Crippen LogP contribution in [0.2, 0.25) is 0 Å². The molecule has 0 unspecified atom stereocenters. The van der Waals surface area contributed by atoms with Crippen molar-refractivity contribution in [3.63, 3.8) is 0 Å². The molecule has 0 N–H and O–H groups in total. The Morgan fingerprint density at radius 2 is 2.00 bits per heavy atom. The summed E-state index contributed by atoms with van der Waals surface area (Å²) in [6, 6.07) is 11.9. The first-order valence-electron chi connectivity index (χ1n) is 5.81. The number of allylic oxidation sites excluding steroid dienone is 1. The molecule has 2 rings (SSSR count). The molecule has 18 heavy (non-hydrogen) atoms. The number of hydrogen-bond acceptors (Lipinski definition) is 2. The Morgan fingerprint density at radius 1 is 1.33 bits per heavy atom. The molecule has 0 saturated heterocycles. The van der Waals surface area contributed by atoms with Gasteiger partial charge >= 0.3 is 0 Å². The Bertz CT molecular complexity index is 564. The van der Waals surface area contributed by atoms with E-state index in [0.717, 1.165) is 6.42 Å². The molecule has 0 aromatic heterocycles. The number of rotatable bonds is 3. The van der Waals surface area contributed by atoms with Gasteiger partial charge in [-0.25, -0.2) is 0 Å². The van der Waals surface area contributed by atoms with Gasteiger partial charge < -0.3 is 4.90 Å². The Labute approximate surface area is 107 Å². The number of amides is 1. The van der Waals surface area contributed by atoms with Gasteiger partial charge in [0, 0.05) is 12.2 Å². The number of carbonyl (C=O) groups is 1. The van der Waals surface area contributed by atoms with Crippen molar-refractivity contribution in [3.8, 4) is 6.07 Å². The van der Waals surface area contributed by atoms with E-state index in [1.54, 1.807) is 11.8 Å². The summed E-state index contributed by atoms with van der Waals surface area (Å²) in [6.45, 7) is 6.20. The average molecular weight is 238 g/mol. The smallest absolute Gasteiger partial charge is 0.269 e. The van der Waals surface area contributed by atoms with Crippen molar-refractivity contribution in [1.29, 1.82) is 5.26 Å². The molecule has 0 aliphatic carbocycles. The largest absolute Gasteiger partial charge is 0.308 e. The van der Waals surface area contributed by atoms with E-state index in [2.05, 4.69) is 6.58 Å². The maximum atomic E-state index is 12.0. The molecule has 1 amide bonds. The fraction of sp³-hybridized carbons (Fsp3) is 0.200. The van der Waals surface area contributed by atoms with Crippen LogP contribution in [-0.2, 0) is 11.2 Å². The van der Waals surface area contributed by atoms with E-state index in [4.69, 9.17) is 5.26 Å². The second kappa shape index (κ2) is 4.89. The summed E-state index contributed by atoms with van der Waals surface area (Å²) >= 11 is 0. The van der Waals surface area contributed by atoms with Crippen LogP contribution in [0.3, 0.4) is 0 Å². The number of hydrogen-bond donors (Lipinski definition) is 0. The summed E-state index contributed by atoms with van der Waals surface area (Å²) in [6.07, 6.45) is 0.761. The summed E-state index contributed by atoms with van der Waals surface area (Å²) in [7, 11) is 0. The Morgan fingerprint density at radius 3 is 2.56 bits per heavy atom. The lowest BCUT2D eigenvalue weighted by Crippen LogP contribution is -2.27. The number of nitrogens with zero attached hydrogens (tertiary/aromatic N) is 2. The summed E-state index contributed by atoms with van der Waals surface area (Å²) in [5, 5.41) is 8.93. The van der Waals surface area contributed by atoms with Crippen molar-refractivity contribution >= 4 is 5.91 Å². The molecule has 0 fully saturated rings. The molecule has 1 heterocycles. The van der Waals surface area contributed by atoms with Crippen molar-refractivity contribution in [1.82, 2.24) is 4.90 Å². The van der Waals surface area contributed by atoms with E-state index in [0.29, 0.717) is 17.8 Å². The number of benzene rings is 1. The molecule has 1 aromatic rings. The molecule has 1 aliphatic rings. The van der Waals surface area contributed by atoms with Gasteiger partial charge in [-0.3, -0.25) is 4.79 Å². The maximum absolute atomic E-state index is 12.0. The molecule has 1 aromatic carbocycles. The van der Waals surface area contributed by atoms with Crippen molar-refractivity contribution in [2.24, 2.45) is 0 Å². The second-order valence-electron chi connectivity index (χ2n) is 4.25. The van der Waals surface area contributed by atoms with Gasteiger partial charge in [-0.2, -0.15) is 5.26 Å². The molecule has 0 radical (unpaired) electrons. The van der Waals surface area contributed by atoms with E-state index in [1.165, 1.54) is 5.56 Å².